The van der Waals surface area contributed by atoms with Crippen LogP contribution in [0.25, 0.3) is 5.53 Å². The van der Waals surface area contributed by atoms with Crippen LogP contribution in [0.1, 0.15) is 5.56 Å². The van der Waals surface area contributed by atoms with Gasteiger partial charge in [-0.3, -0.25) is 4.79 Å². The van der Waals surface area contributed by atoms with Crippen molar-refractivity contribution in [2.45, 2.75) is 6.92 Å². The molecule has 0 aliphatic carbocycles. The van der Waals surface area contributed by atoms with Crippen LogP contribution >= 0.6 is 0 Å². The highest BCUT2D eigenvalue weighted by molar-refractivity contribution is 6.30. The Morgan fingerprint density at radius 2 is 2.27 bits per heavy atom. The van der Waals surface area contributed by atoms with Gasteiger partial charge in [-0.25, -0.2) is 4.39 Å². The minimum Gasteiger partial charge on any atom is -0.361 e. The monoisotopic (exact) mass is 207 g/mol. The Morgan fingerprint density at radius 3 is 2.80 bits per heavy atom. The largest absolute Gasteiger partial charge is 0.361 e. The fourth-order valence-corrected chi connectivity index (χ4v) is 1.25. The molecular formula is C10H10FN3O. The lowest BCUT2D eigenvalue weighted by Gasteiger charge is -2.15. The highest BCUT2D eigenvalue weighted by Crippen LogP contribution is 2.19. The Labute approximate surface area is 86.6 Å². The van der Waals surface area contributed by atoms with Crippen molar-refractivity contribution in [2.75, 3.05) is 11.9 Å². The molecule has 0 aliphatic rings. The molecule has 0 fully saturated rings. The number of hydrogen-bond acceptors (Lipinski definition) is 1. The Balaban J connectivity index is 3.06. The minimum atomic E-state index is -0.479. The molecule has 0 atom stereocenters. The standard InChI is InChI=1S/C10H10FN3O/c1-7-5-8(11)3-4-9(7)14(2)10(15)6-13-12/h3-6H,1-2H3. The summed E-state index contributed by atoms with van der Waals surface area (Å²) < 4.78 is 12.8. The van der Waals surface area contributed by atoms with E-state index in [0.29, 0.717) is 11.3 Å². The zero-order valence-electron chi connectivity index (χ0n) is 8.44. The summed E-state index contributed by atoms with van der Waals surface area (Å²) in [5.74, 6) is -0.833. The fourth-order valence-electron chi connectivity index (χ4n) is 1.25. The summed E-state index contributed by atoms with van der Waals surface area (Å²) in [5, 5.41) is 0. The molecule has 0 N–H and O–H groups in total. The second-order valence-electron chi connectivity index (χ2n) is 3.07. The Hall–Kier alpha value is -2.00. The first-order valence-corrected chi connectivity index (χ1v) is 4.27. The lowest BCUT2D eigenvalue weighted by Crippen LogP contribution is -2.28. The maximum Gasteiger partial charge on any atom is 0.345 e. The van der Waals surface area contributed by atoms with E-state index < -0.39 is 5.91 Å². The number of nitrogens with zero attached hydrogens (tertiary/aromatic N) is 3. The van der Waals surface area contributed by atoms with E-state index >= 15 is 0 Å². The van der Waals surface area contributed by atoms with Crippen LogP contribution in [0.15, 0.2) is 18.2 Å². The fraction of sp³-hybridized carbons (Fsp3) is 0.200. The number of benzene rings is 1. The first-order chi connectivity index (χ1) is 7.06. The number of rotatable bonds is 2. The maximum atomic E-state index is 12.8. The Morgan fingerprint density at radius 1 is 1.60 bits per heavy atom. The van der Waals surface area contributed by atoms with E-state index in [2.05, 4.69) is 4.79 Å². The van der Waals surface area contributed by atoms with E-state index in [1.807, 2.05) is 0 Å². The number of carbonyl (C=O) groups excluding carboxylic acids is 1. The molecule has 4 nitrogen and oxygen atoms in total. The second kappa shape index (κ2) is 4.48. The lowest BCUT2D eigenvalue weighted by molar-refractivity contribution is -0.115. The molecule has 0 unspecified atom stereocenters. The predicted octanol–water partition coefficient (Wildman–Crippen LogP) is 1.40. The van der Waals surface area contributed by atoms with Crippen LogP contribution in [0, 0.1) is 12.7 Å². The van der Waals surface area contributed by atoms with Gasteiger partial charge < -0.3 is 10.4 Å². The quantitative estimate of drug-likeness (QED) is 0.411. The summed E-state index contributed by atoms with van der Waals surface area (Å²) in [7, 11) is 1.52. The zero-order chi connectivity index (χ0) is 11.4. The van der Waals surface area contributed by atoms with Gasteiger partial charge in [0.15, 0.2) is 0 Å². The minimum absolute atomic E-state index is 0.354. The maximum absolute atomic E-state index is 12.8. The molecule has 1 rings (SSSR count). The summed E-state index contributed by atoms with van der Waals surface area (Å²) in [6.45, 7) is 1.69. The number of halogens is 1. The Kier molecular flexibility index (Phi) is 3.31. The van der Waals surface area contributed by atoms with Gasteiger partial charge >= 0.3 is 12.1 Å². The number of aryl methyl sites for hydroxylation is 1. The lowest BCUT2D eigenvalue weighted by atomic mass is 10.2. The van der Waals surface area contributed by atoms with Gasteiger partial charge in [0.1, 0.15) is 5.82 Å². The molecule has 0 saturated heterocycles. The third-order valence-electron chi connectivity index (χ3n) is 2.02. The van der Waals surface area contributed by atoms with Crippen LogP contribution < -0.4 is 4.90 Å². The topological polar surface area (TPSA) is 56.7 Å². The summed E-state index contributed by atoms with van der Waals surface area (Å²) in [4.78, 5) is 15.2. The van der Waals surface area contributed by atoms with Crippen molar-refractivity contribution >= 4 is 17.8 Å². The second-order valence-corrected chi connectivity index (χ2v) is 3.07. The number of amides is 1. The SMILES string of the molecule is Cc1cc(F)ccc1N(C)C(=O)C=[N+]=[N-]. The molecule has 0 spiro atoms. The van der Waals surface area contributed by atoms with Crippen LogP contribution in [0.3, 0.4) is 0 Å². The van der Waals surface area contributed by atoms with E-state index in [0.717, 1.165) is 6.21 Å². The first kappa shape index (κ1) is 11.1. The molecule has 0 aliphatic heterocycles. The molecule has 5 heteroatoms. The summed E-state index contributed by atoms with van der Waals surface area (Å²) in [6, 6.07) is 4.09. The van der Waals surface area contributed by atoms with Crippen molar-refractivity contribution < 1.29 is 14.0 Å². The summed E-state index contributed by atoms with van der Waals surface area (Å²) in [6.07, 6.45) is 0.781. The third kappa shape index (κ3) is 2.48. The zero-order valence-corrected chi connectivity index (χ0v) is 8.44. The van der Waals surface area contributed by atoms with E-state index in [1.54, 1.807) is 6.92 Å². The number of anilines is 1. The average Bonchev–Trinajstić information content (AvgIpc) is 2.17. The molecule has 0 radical (unpaired) electrons. The van der Waals surface area contributed by atoms with Crippen molar-refractivity contribution in [3.05, 3.63) is 35.1 Å². The van der Waals surface area contributed by atoms with Gasteiger partial charge in [-0.15, -0.1) is 0 Å². The molecule has 0 bridgehead atoms. The highest BCUT2D eigenvalue weighted by atomic mass is 19.1. The number of carbonyl (C=O) groups is 1. The molecule has 0 heterocycles. The summed E-state index contributed by atoms with van der Waals surface area (Å²) >= 11 is 0. The molecular weight excluding hydrogens is 197 g/mol. The van der Waals surface area contributed by atoms with E-state index in [1.165, 1.54) is 30.1 Å². The van der Waals surface area contributed by atoms with Gasteiger partial charge in [0.05, 0.1) is 0 Å². The predicted molar refractivity (Wildman–Crippen MR) is 54.2 cm³/mol. The van der Waals surface area contributed by atoms with Crippen LogP contribution in [-0.4, -0.2) is 24.0 Å². The molecule has 78 valence electrons. The van der Waals surface area contributed by atoms with Gasteiger partial charge in [0.2, 0.25) is 0 Å². The number of hydrogen-bond donors (Lipinski definition) is 0. The van der Waals surface area contributed by atoms with Crippen molar-refractivity contribution in [1.29, 1.82) is 0 Å². The third-order valence-corrected chi connectivity index (χ3v) is 2.02. The average molecular weight is 207 g/mol. The Bertz CT molecular complexity index is 438. The van der Waals surface area contributed by atoms with E-state index in [-0.39, 0.29) is 5.82 Å². The smallest absolute Gasteiger partial charge is 0.345 e. The van der Waals surface area contributed by atoms with Crippen molar-refractivity contribution in [3.63, 3.8) is 0 Å². The molecule has 1 aromatic carbocycles. The molecule has 15 heavy (non-hydrogen) atoms. The van der Waals surface area contributed by atoms with E-state index in [9.17, 15) is 9.18 Å². The van der Waals surface area contributed by atoms with Gasteiger partial charge in [0.25, 0.3) is 0 Å². The molecule has 1 aromatic rings. The molecule has 1 amide bonds. The van der Waals surface area contributed by atoms with Crippen molar-refractivity contribution in [1.82, 2.24) is 0 Å². The highest BCUT2D eigenvalue weighted by Gasteiger charge is 2.14. The van der Waals surface area contributed by atoms with Crippen LogP contribution in [-0.2, 0) is 4.79 Å². The molecule has 0 saturated carbocycles. The summed E-state index contributed by atoms with van der Waals surface area (Å²) in [5.41, 5.74) is 9.41. The van der Waals surface area contributed by atoms with E-state index in [4.69, 9.17) is 5.53 Å². The van der Waals surface area contributed by atoms with Crippen LogP contribution in [0.4, 0.5) is 10.1 Å². The van der Waals surface area contributed by atoms with Gasteiger partial charge in [-0.2, -0.15) is 4.79 Å². The first-order valence-electron chi connectivity index (χ1n) is 4.27. The van der Waals surface area contributed by atoms with Crippen molar-refractivity contribution in [3.8, 4) is 0 Å². The van der Waals surface area contributed by atoms with Gasteiger partial charge in [-0.1, -0.05) is 0 Å². The van der Waals surface area contributed by atoms with Gasteiger partial charge in [-0.05, 0) is 30.7 Å². The van der Waals surface area contributed by atoms with Crippen LogP contribution in [0.5, 0.6) is 0 Å². The van der Waals surface area contributed by atoms with Crippen LogP contribution in [0.2, 0.25) is 0 Å². The van der Waals surface area contributed by atoms with Crippen molar-refractivity contribution in [2.24, 2.45) is 0 Å². The normalized spacial score (nSPS) is 9.27. The van der Waals surface area contributed by atoms with Gasteiger partial charge in [0, 0.05) is 12.7 Å². The molecule has 0 aromatic heterocycles.